The zero-order valence-corrected chi connectivity index (χ0v) is 28.4. The van der Waals surface area contributed by atoms with Crippen LogP contribution in [0.25, 0.3) is 0 Å². The molecule has 5 aliphatic heterocycles. The number of fused-ring (bicyclic) bond motifs is 20. The fraction of sp³-hybridized carbons (Fsp3) is 1.00. The molecular weight excluding hydrogens is 596 g/mol. The second-order valence-electron chi connectivity index (χ2n) is 17.2. The van der Waals surface area contributed by atoms with E-state index in [0.29, 0.717) is 61.2 Å². The van der Waals surface area contributed by atoms with Crippen LogP contribution >= 0.6 is 0 Å². The Morgan fingerprint density at radius 1 is 0.341 bits per heavy atom. The Kier molecular flexibility index (Phi) is 9.00. The molecule has 9 aliphatic rings. The summed E-state index contributed by atoms with van der Waals surface area (Å²) in [4.78, 5) is 0. The van der Waals surface area contributed by atoms with E-state index in [1.54, 1.807) is 0 Å². The van der Waals surface area contributed by atoms with Crippen molar-refractivity contribution in [3.8, 4) is 0 Å². The standard InChI is InChI=1S/C35H62N8.Cu/c1-17-16-26-27(19(3)18(17)2)35-42-33-25-15-9-8-14-24(25)31(40-33)38-29-21-11-5-4-10-20(21)28(36-29)37-30-22-12-6-7-13-23(22)32(39-30)41-34(26)43-35;/h17-43H,4-16H2,1-3H3;. The van der Waals surface area contributed by atoms with Crippen molar-refractivity contribution in [3.05, 3.63) is 0 Å². The fourth-order valence-electron chi connectivity index (χ4n) is 12.9. The summed E-state index contributed by atoms with van der Waals surface area (Å²) in [5, 5.41) is 34.1. The van der Waals surface area contributed by atoms with E-state index >= 15 is 0 Å². The van der Waals surface area contributed by atoms with Crippen LogP contribution in [0.3, 0.4) is 0 Å². The van der Waals surface area contributed by atoms with Gasteiger partial charge in [-0.1, -0.05) is 59.3 Å². The summed E-state index contributed by atoms with van der Waals surface area (Å²) in [7, 11) is 0. The molecule has 8 nitrogen and oxygen atoms in total. The summed E-state index contributed by atoms with van der Waals surface area (Å²) in [6, 6.07) is 0. The third-order valence-electron chi connectivity index (χ3n) is 15.4. The van der Waals surface area contributed by atoms with Gasteiger partial charge in [0.2, 0.25) is 0 Å². The van der Waals surface area contributed by atoms with Gasteiger partial charge in [0.05, 0.1) is 49.3 Å². The van der Waals surface area contributed by atoms with Gasteiger partial charge in [0, 0.05) is 17.1 Å². The maximum atomic E-state index is 4.33. The van der Waals surface area contributed by atoms with Gasteiger partial charge in [-0.3, -0.25) is 42.5 Å². The van der Waals surface area contributed by atoms with Gasteiger partial charge in [0.15, 0.2) is 0 Å². The number of rotatable bonds is 0. The smallest absolute Gasteiger partial charge is 0.0631 e. The molecule has 9 rings (SSSR count). The molecule has 4 aliphatic carbocycles. The first-order chi connectivity index (χ1) is 21.0. The molecule has 9 heteroatoms. The minimum Gasteiger partial charge on any atom is -0.286 e. The maximum Gasteiger partial charge on any atom is 0.0631 e. The normalized spacial score (nSPS) is 58.3. The van der Waals surface area contributed by atoms with Crippen LogP contribution in [0, 0.1) is 65.1 Å². The SMILES string of the molecule is CC1CC2C3NC4NC(NC5NC(NC6NC(NC(N3)C2C(C)C1C)C1CCCCC61)C1CCCCC51)C1CCCCC41.[Cu]. The Hall–Kier alpha value is 0.199. The molecule has 0 aromatic rings. The third kappa shape index (κ3) is 5.21. The Morgan fingerprint density at radius 3 is 0.932 bits per heavy atom. The summed E-state index contributed by atoms with van der Waals surface area (Å²) in [5.41, 5.74) is 0. The van der Waals surface area contributed by atoms with E-state index < -0.39 is 0 Å². The van der Waals surface area contributed by atoms with Crippen LogP contribution in [0.2, 0.25) is 0 Å². The van der Waals surface area contributed by atoms with E-state index in [1.807, 2.05) is 0 Å². The number of nitrogens with one attached hydrogen (secondary N) is 8. The zero-order chi connectivity index (χ0) is 28.8. The van der Waals surface area contributed by atoms with Crippen molar-refractivity contribution in [2.45, 2.75) is 154 Å². The zero-order valence-electron chi connectivity index (χ0n) is 27.5. The van der Waals surface area contributed by atoms with Crippen molar-refractivity contribution in [1.29, 1.82) is 0 Å². The molecular formula is C35H62CuN8. The molecule has 0 amide bonds. The van der Waals surface area contributed by atoms with Crippen molar-refractivity contribution in [3.63, 3.8) is 0 Å². The van der Waals surface area contributed by atoms with Crippen LogP contribution in [0.4, 0.5) is 0 Å². The van der Waals surface area contributed by atoms with Gasteiger partial charge < -0.3 is 0 Å². The molecule has 44 heavy (non-hydrogen) atoms. The molecule has 19 atom stereocenters. The molecule has 8 bridgehead atoms. The van der Waals surface area contributed by atoms with Gasteiger partial charge in [0.25, 0.3) is 0 Å². The van der Waals surface area contributed by atoms with Crippen molar-refractivity contribution >= 4 is 0 Å². The summed E-state index contributed by atoms with van der Waals surface area (Å²) in [5.74, 6) is 8.03. The average molecular weight is 658 g/mol. The molecule has 1 radical (unpaired) electrons. The topological polar surface area (TPSA) is 96.2 Å². The van der Waals surface area contributed by atoms with Gasteiger partial charge in [0.1, 0.15) is 0 Å². The minimum atomic E-state index is 0. The average Bonchev–Trinajstić information content (AvgIpc) is 3.75. The van der Waals surface area contributed by atoms with E-state index in [-0.39, 0.29) is 17.1 Å². The molecule has 4 saturated carbocycles. The molecule has 9 fully saturated rings. The van der Waals surface area contributed by atoms with Crippen molar-refractivity contribution in [2.24, 2.45) is 65.1 Å². The molecule has 5 saturated heterocycles. The monoisotopic (exact) mass is 657 g/mol. The molecule has 253 valence electrons. The third-order valence-corrected chi connectivity index (χ3v) is 15.4. The minimum absolute atomic E-state index is 0. The number of hydrogen-bond acceptors (Lipinski definition) is 8. The molecule has 19 unspecified atom stereocenters. The van der Waals surface area contributed by atoms with Crippen LogP contribution in [-0.4, -0.2) is 49.3 Å². The molecule has 0 aromatic carbocycles. The predicted molar refractivity (Wildman–Crippen MR) is 171 cm³/mol. The molecule has 5 heterocycles. The molecule has 0 aromatic heterocycles. The van der Waals surface area contributed by atoms with Crippen LogP contribution in [0.1, 0.15) is 104 Å². The van der Waals surface area contributed by atoms with Gasteiger partial charge >= 0.3 is 0 Å². The van der Waals surface area contributed by atoms with Gasteiger partial charge in [-0.05, 0) is 110 Å². The second kappa shape index (κ2) is 12.6. The van der Waals surface area contributed by atoms with Crippen molar-refractivity contribution in [2.75, 3.05) is 0 Å². The van der Waals surface area contributed by atoms with E-state index in [9.17, 15) is 0 Å². The Bertz CT molecular complexity index is 1020. The van der Waals surface area contributed by atoms with Gasteiger partial charge in [-0.2, -0.15) is 0 Å². The summed E-state index contributed by atoms with van der Waals surface area (Å²) < 4.78 is 0. The van der Waals surface area contributed by atoms with Crippen LogP contribution < -0.4 is 42.5 Å². The predicted octanol–water partition coefficient (Wildman–Crippen LogP) is 3.34. The Labute approximate surface area is 277 Å². The van der Waals surface area contributed by atoms with E-state index in [4.69, 9.17) is 0 Å². The summed E-state index contributed by atoms with van der Waals surface area (Å²) in [6.07, 6.45) is 21.1. The van der Waals surface area contributed by atoms with Crippen LogP contribution in [-0.2, 0) is 17.1 Å². The number of hydrogen-bond donors (Lipinski definition) is 8. The van der Waals surface area contributed by atoms with Gasteiger partial charge in [-0.15, -0.1) is 0 Å². The quantitative estimate of drug-likeness (QED) is 0.188. The Balaban J connectivity index is 0.00000289. The Morgan fingerprint density at radius 2 is 0.614 bits per heavy atom. The molecule has 8 N–H and O–H groups in total. The van der Waals surface area contributed by atoms with Gasteiger partial charge in [-0.25, -0.2) is 0 Å². The maximum absolute atomic E-state index is 4.33. The first kappa shape index (κ1) is 31.5. The first-order valence-corrected chi connectivity index (χ1v) is 19.1. The fourth-order valence-corrected chi connectivity index (χ4v) is 12.9. The van der Waals surface area contributed by atoms with Crippen molar-refractivity contribution < 1.29 is 17.1 Å². The van der Waals surface area contributed by atoms with E-state index in [1.165, 1.54) is 83.5 Å². The molecule has 0 spiro atoms. The van der Waals surface area contributed by atoms with E-state index in [0.717, 1.165) is 53.3 Å². The van der Waals surface area contributed by atoms with E-state index in [2.05, 4.69) is 63.3 Å². The van der Waals surface area contributed by atoms with Crippen LogP contribution in [0.15, 0.2) is 0 Å². The summed E-state index contributed by atoms with van der Waals surface area (Å²) in [6.45, 7) is 7.63. The first-order valence-electron chi connectivity index (χ1n) is 19.1. The largest absolute Gasteiger partial charge is 0.286 e. The second-order valence-corrected chi connectivity index (χ2v) is 17.2. The van der Waals surface area contributed by atoms with Crippen LogP contribution in [0.5, 0.6) is 0 Å². The summed E-state index contributed by atoms with van der Waals surface area (Å²) >= 11 is 0. The van der Waals surface area contributed by atoms with Crippen molar-refractivity contribution in [1.82, 2.24) is 42.5 Å².